The molecule has 186 valence electrons. The molecule has 0 aliphatic carbocycles. The van der Waals surface area contributed by atoms with Crippen molar-refractivity contribution in [2.75, 3.05) is 20.2 Å². The van der Waals surface area contributed by atoms with E-state index >= 15 is 0 Å². The number of aromatic nitrogens is 3. The number of methoxy groups -OCH3 is 1. The van der Waals surface area contributed by atoms with Crippen LogP contribution in [0.1, 0.15) is 30.4 Å². The molecule has 2 aromatic carbocycles. The number of hydrogen-bond acceptors (Lipinski definition) is 7. The standard InChI is InChI=1S/C25H30N4O5S/c1-28-18-26-27-25(28)35(31,32)21-12-14-29(15-13-21)24(30)11-9-19-8-10-22(33-2)23(16-19)34-17-20-6-4-3-5-7-20/h3-8,10,16,18,21H,9,11-15,17H2,1-2H3. The van der Waals surface area contributed by atoms with Crippen LogP contribution in [0.4, 0.5) is 0 Å². The largest absolute Gasteiger partial charge is 0.493 e. The van der Waals surface area contributed by atoms with Crippen LogP contribution in [0.5, 0.6) is 11.5 Å². The van der Waals surface area contributed by atoms with Crippen LogP contribution in [0.25, 0.3) is 0 Å². The van der Waals surface area contributed by atoms with Crippen molar-refractivity contribution in [1.29, 1.82) is 0 Å². The van der Waals surface area contributed by atoms with Crippen molar-refractivity contribution < 1.29 is 22.7 Å². The number of carbonyl (C=O) groups excluding carboxylic acids is 1. The number of ether oxygens (including phenoxy) is 2. The van der Waals surface area contributed by atoms with E-state index < -0.39 is 15.1 Å². The number of aryl methyl sites for hydroxylation is 2. The van der Waals surface area contributed by atoms with Crippen LogP contribution in [0.3, 0.4) is 0 Å². The number of rotatable bonds is 9. The number of benzene rings is 2. The van der Waals surface area contributed by atoms with Gasteiger partial charge in [-0.05, 0) is 42.5 Å². The van der Waals surface area contributed by atoms with Gasteiger partial charge in [-0.2, -0.15) is 0 Å². The molecule has 2 heterocycles. The van der Waals surface area contributed by atoms with Gasteiger partial charge in [-0.25, -0.2) is 8.42 Å². The molecule has 1 aliphatic heterocycles. The SMILES string of the molecule is COc1ccc(CCC(=O)N2CCC(S(=O)(=O)c3nncn3C)CC2)cc1OCc1ccccc1. The Morgan fingerprint density at radius 2 is 1.80 bits per heavy atom. The molecular formula is C25H30N4O5S. The van der Waals surface area contributed by atoms with Gasteiger partial charge in [0.2, 0.25) is 20.9 Å². The van der Waals surface area contributed by atoms with Gasteiger partial charge in [-0.1, -0.05) is 36.4 Å². The van der Waals surface area contributed by atoms with Gasteiger partial charge in [0.1, 0.15) is 12.9 Å². The number of carbonyl (C=O) groups is 1. The molecule has 1 fully saturated rings. The minimum Gasteiger partial charge on any atom is -0.493 e. The molecular weight excluding hydrogens is 468 g/mol. The Kier molecular flexibility index (Phi) is 7.70. The zero-order chi connectivity index (χ0) is 24.8. The lowest BCUT2D eigenvalue weighted by Crippen LogP contribution is -2.43. The van der Waals surface area contributed by atoms with Crippen molar-refractivity contribution in [3.63, 3.8) is 0 Å². The van der Waals surface area contributed by atoms with E-state index in [-0.39, 0.29) is 11.1 Å². The Bertz CT molecular complexity index is 1250. The summed E-state index contributed by atoms with van der Waals surface area (Å²) in [6.45, 7) is 1.25. The van der Waals surface area contributed by atoms with Gasteiger partial charge in [-0.15, -0.1) is 10.2 Å². The molecule has 35 heavy (non-hydrogen) atoms. The van der Waals surface area contributed by atoms with Crippen LogP contribution in [0.15, 0.2) is 60.0 Å². The topological polar surface area (TPSA) is 104 Å². The summed E-state index contributed by atoms with van der Waals surface area (Å²) in [5.74, 6) is 1.29. The number of sulfone groups is 1. The fourth-order valence-electron chi connectivity index (χ4n) is 4.23. The van der Waals surface area contributed by atoms with Gasteiger partial charge >= 0.3 is 0 Å². The van der Waals surface area contributed by atoms with E-state index in [1.165, 1.54) is 10.9 Å². The highest BCUT2D eigenvalue weighted by atomic mass is 32.2. The zero-order valence-electron chi connectivity index (χ0n) is 20.0. The molecule has 0 spiro atoms. The first-order valence-corrected chi connectivity index (χ1v) is 13.1. The van der Waals surface area contributed by atoms with Crippen molar-refractivity contribution in [3.8, 4) is 11.5 Å². The fourth-order valence-corrected chi connectivity index (χ4v) is 5.97. The minimum atomic E-state index is -3.57. The predicted molar refractivity (Wildman–Crippen MR) is 130 cm³/mol. The summed E-state index contributed by atoms with van der Waals surface area (Å²) in [4.78, 5) is 14.6. The summed E-state index contributed by atoms with van der Waals surface area (Å²) in [5.41, 5.74) is 2.03. The number of piperidine rings is 1. The van der Waals surface area contributed by atoms with Crippen LogP contribution in [0, 0.1) is 0 Å². The number of hydrogen-bond donors (Lipinski definition) is 0. The molecule has 1 saturated heterocycles. The van der Waals surface area contributed by atoms with Gasteiger partial charge < -0.3 is 18.9 Å². The molecule has 9 nitrogen and oxygen atoms in total. The maximum atomic E-state index is 12.8. The van der Waals surface area contributed by atoms with Gasteiger partial charge in [-0.3, -0.25) is 4.79 Å². The van der Waals surface area contributed by atoms with E-state index in [1.54, 1.807) is 19.1 Å². The zero-order valence-corrected chi connectivity index (χ0v) is 20.8. The summed E-state index contributed by atoms with van der Waals surface area (Å²) >= 11 is 0. The number of amides is 1. The Balaban J connectivity index is 1.31. The Morgan fingerprint density at radius 1 is 1.06 bits per heavy atom. The summed E-state index contributed by atoms with van der Waals surface area (Å²) in [5, 5.41) is 6.85. The fraction of sp³-hybridized carbons (Fsp3) is 0.400. The van der Waals surface area contributed by atoms with E-state index in [0.717, 1.165) is 11.1 Å². The number of likely N-dealkylation sites (tertiary alicyclic amines) is 1. The summed E-state index contributed by atoms with van der Waals surface area (Å²) in [6, 6.07) is 15.6. The van der Waals surface area contributed by atoms with Crippen molar-refractivity contribution in [2.45, 2.75) is 42.7 Å². The summed E-state index contributed by atoms with van der Waals surface area (Å²) < 4.78 is 38.5. The van der Waals surface area contributed by atoms with Gasteiger partial charge in [0.05, 0.1) is 12.4 Å². The number of nitrogens with zero attached hydrogens (tertiary/aromatic N) is 4. The molecule has 10 heteroatoms. The molecule has 1 aromatic heterocycles. The second-order valence-corrected chi connectivity index (χ2v) is 10.7. The summed E-state index contributed by atoms with van der Waals surface area (Å²) in [7, 11) is -0.352. The molecule has 1 amide bonds. The van der Waals surface area contributed by atoms with Crippen LogP contribution >= 0.6 is 0 Å². The molecule has 0 unspecified atom stereocenters. The first kappa shape index (κ1) is 24.7. The highest BCUT2D eigenvalue weighted by Crippen LogP contribution is 2.30. The molecule has 0 radical (unpaired) electrons. The highest BCUT2D eigenvalue weighted by molar-refractivity contribution is 7.91. The van der Waals surface area contributed by atoms with E-state index in [0.29, 0.717) is 56.9 Å². The molecule has 0 N–H and O–H groups in total. The lowest BCUT2D eigenvalue weighted by molar-refractivity contribution is -0.132. The molecule has 0 atom stereocenters. The van der Waals surface area contributed by atoms with Crippen LogP contribution < -0.4 is 9.47 Å². The molecule has 4 rings (SSSR count). The lowest BCUT2D eigenvalue weighted by atomic mass is 10.1. The predicted octanol–water partition coefficient (Wildman–Crippen LogP) is 2.80. The second kappa shape index (κ2) is 10.9. The Morgan fingerprint density at radius 3 is 2.46 bits per heavy atom. The van der Waals surface area contributed by atoms with Crippen LogP contribution in [0.2, 0.25) is 0 Å². The molecule has 0 bridgehead atoms. The lowest BCUT2D eigenvalue weighted by Gasteiger charge is -2.31. The molecule has 0 saturated carbocycles. The van der Waals surface area contributed by atoms with Gasteiger partial charge in [0, 0.05) is 26.6 Å². The molecule has 1 aliphatic rings. The van der Waals surface area contributed by atoms with Gasteiger partial charge in [0.25, 0.3) is 0 Å². The van der Waals surface area contributed by atoms with E-state index in [9.17, 15) is 13.2 Å². The average Bonchev–Trinajstić information content (AvgIpc) is 3.33. The van der Waals surface area contributed by atoms with Crippen LogP contribution in [-0.4, -0.2) is 59.4 Å². The Labute approximate surface area is 205 Å². The highest BCUT2D eigenvalue weighted by Gasteiger charge is 2.35. The first-order chi connectivity index (χ1) is 16.9. The van der Waals surface area contributed by atoms with Gasteiger partial charge in [0.15, 0.2) is 11.5 Å². The van der Waals surface area contributed by atoms with E-state index in [4.69, 9.17) is 9.47 Å². The third-order valence-corrected chi connectivity index (χ3v) is 8.48. The van der Waals surface area contributed by atoms with Crippen molar-refractivity contribution >= 4 is 15.7 Å². The maximum Gasteiger partial charge on any atom is 0.249 e. The third kappa shape index (κ3) is 5.82. The summed E-state index contributed by atoms with van der Waals surface area (Å²) in [6.07, 6.45) is 3.05. The van der Waals surface area contributed by atoms with E-state index in [1.807, 2.05) is 48.5 Å². The smallest absolute Gasteiger partial charge is 0.249 e. The monoisotopic (exact) mass is 498 g/mol. The normalized spacial score (nSPS) is 14.6. The molecule has 3 aromatic rings. The van der Waals surface area contributed by atoms with Crippen molar-refractivity contribution in [1.82, 2.24) is 19.7 Å². The van der Waals surface area contributed by atoms with Crippen molar-refractivity contribution in [2.24, 2.45) is 7.05 Å². The third-order valence-electron chi connectivity index (χ3n) is 6.25. The average molecular weight is 499 g/mol. The second-order valence-electron chi connectivity index (χ2n) is 8.61. The Hall–Kier alpha value is -3.40. The first-order valence-electron chi connectivity index (χ1n) is 11.6. The maximum absolute atomic E-state index is 12.8. The van der Waals surface area contributed by atoms with E-state index in [2.05, 4.69) is 10.2 Å². The minimum absolute atomic E-state index is 0.0158. The van der Waals surface area contributed by atoms with Crippen molar-refractivity contribution in [3.05, 3.63) is 66.0 Å². The van der Waals surface area contributed by atoms with Crippen LogP contribution in [-0.2, 0) is 34.7 Å². The quantitative estimate of drug-likeness (QED) is 0.447.